The van der Waals surface area contributed by atoms with Crippen LogP contribution in [0, 0.1) is 13.8 Å². The van der Waals surface area contributed by atoms with Crippen molar-refractivity contribution in [1.82, 2.24) is 15.0 Å². The smallest absolute Gasteiger partial charge is 0.306 e. The van der Waals surface area contributed by atoms with Crippen LogP contribution in [0.25, 0.3) is 11.0 Å². The maximum absolute atomic E-state index is 12.3. The minimum Gasteiger partial charge on any atom is -0.466 e. The van der Waals surface area contributed by atoms with Crippen molar-refractivity contribution in [2.75, 3.05) is 6.61 Å². The summed E-state index contributed by atoms with van der Waals surface area (Å²) in [6.07, 6.45) is 0.232. The van der Waals surface area contributed by atoms with E-state index in [0.717, 1.165) is 45.4 Å². The van der Waals surface area contributed by atoms with Gasteiger partial charge in [-0.15, -0.1) is 5.10 Å². The van der Waals surface area contributed by atoms with Crippen LogP contribution in [0.5, 0.6) is 0 Å². The molecule has 148 valence electrons. The van der Waals surface area contributed by atoms with E-state index in [1.807, 2.05) is 56.6 Å². The molecule has 0 saturated heterocycles. The highest BCUT2D eigenvalue weighted by Gasteiger charge is 2.23. The van der Waals surface area contributed by atoms with E-state index in [4.69, 9.17) is 4.74 Å². The van der Waals surface area contributed by atoms with Crippen molar-refractivity contribution in [3.63, 3.8) is 0 Å². The molecule has 0 unspecified atom stereocenters. The van der Waals surface area contributed by atoms with Gasteiger partial charge in [-0.25, -0.2) is 4.68 Å². The van der Waals surface area contributed by atoms with Crippen LogP contribution in [0.15, 0.2) is 30.3 Å². The number of aromatic nitrogens is 3. The summed E-state index contributed by atoms with van der Waals surface area (Å²) in [4.78, 5) is 12.3. The lowest BCUT2D eigenvalue weighted by molar-refractivity contribution is -0.143. The fourth-order valence-electron chi connectivity index (χ4n) is 3.67. The average molecular weight is 381 g/mol. The van der Waals surface area contributed by atoms with E-state index in [1.54, 1.807) is 0 Å². The van der Waals surface area contributed by atoms with Crippen LogP contribution in [0.2, 0.25) is 0 Å². The third kappa shape index (κ3) is 3.78. The molecule has 0 radical (unpaired) electrons. The Balaban J connectivity index is 2.12. The molecule has 1 heterocycles. The van der Waals surface area contributed by atoms with E-state index in [0.29, 0.717) is 6.61 Å². The van der Waals surface area contributed by atoms with Gasteiger partial charge in [0.05, 0.1) is 25.2 Å². The second-order valence-electron chi connectivity index (χ2n) is 6.96. The number of ether oxygens (including phenoxy) is 1. The third-order valence-electron chi connectivity index (χ3n) is 5.28. The fourth-order valence-corrected chi connectivity index (χ4v) is 3.67. The molecule has 28 heavy (non-hydrogen) atoms. The molecule has 2 aromatic carbocycles. The minimum atomic E-state index is -0.240. The first-order chi connectivity index (χ1) is 13.5. The molecule has 0 aliphatic carbocycles. The molecule has 0 aliphatic heterocycles. The number of hydrogen-bond acceptors (Lipinski definition) is 5. The van der Waals surface area contributed by atoms with Crippen molar-refractivity contribution in [3.8, 4) is 0 Å². The number of aryl methyl sites for hydroxylation is 3. The van der Waals surface area contributed by atoms with Gasteiger partial charge in [0.1, 0.15) is 5.52 Å². The summed E-state index contributed by atoms with van der Waals surface area (Å²) in [6, 6.07) is 10.0. The molecule has 0 aliphatic rings. The molecule has 6 heteroatoms. The van der Waals surface area contributed by atoms with Crippen molar-refractivity contribution in [2.45, 2.75) is 53.2 Å². The number of esters is 1. The Morgan fingerprint density at radius 2 is 2.00 bits per heavy atom. The van der Waals surface area contributed by atoms with Crippen molar-refractivity contribution in [2.24, 2.45) is 0 Å². The Hall–Kier alpha value is -2.73. The monoisotopic (exact) mass is 381 g/mol. The first-order valence-electron chi connectivity index (χ1n) is 9.68. The second-order valence-corrected chi connectivity index (χ2v) is 6.96. The van der Waals surface area contributed by atoms with Gasteiger partial charge in [-0.05, 0) is 61.6 Å². The molecule has 0 saturated carbocycles. The van der Waals surface area contributed by atoms with Gasteiger partial charge in [0.15, 0.2) is 0 Å². The standard InChI is InChI=1S/C22H27N3O3/c1-5-25-20-10-9-18(15(4)22(20)23-24-25)19(12-21(27)28-6-2)16-8-7-14(3)17(11-16)13-26/h7-11,19,26H,5-6,12-13H2,1-4H3/t19-/m0/s1. The number of fused-ring (bicyclic) bond motifs is 1. The molecule has 1 N–H and O–H groups in total. The van der Waals surface area contributed by atoms with Crippen LogP contribution in [0.4, 0.5) is 0 Å². The normalized spacial score (nSPS) is 12.3. The molecule has 0 amide bonds. The van der Waals surface area contributed by atoms with Crippen LogP contribution < -0.4 is 0 Å². The van der Waals surface area contributed by atoms with E-state index < -0.39 is 0 Å². The summed E-state index contributed by atoms with van der Waals surface area (Å²) in [5.74, 6) is -0.420. The summed E-state index contributed by atoms with van der Waals surface area (Å²) in [5.41, 5.74) is 6.74. The predicted octanol–water partition coefficient (Wildman–Crippen LogP) is 3.65. The number of aliphatic hydroxyl groups is 1. The molecular weight excluding hydrogens is 354 g/mol. The van der Waals surface area contributed by atoms with Crippen molar-refractivity contribution in [1.29, 1.82) is 0 Å². The number of aliphatic hydroxyl groups excluding tert-OH is 1. The Morgan fingerprint density at radius 1 is 1.21 bits per heavy atom. The zero-order valence-corrected chi connectivity index (χ0v) is 16.9. The molecule has 3 aromatic rings. The van der Waals surface area contributed by atoms with Gasteiger partial charge in [-0.3, -0.25) is 4.79 Å². The van der Waals surface area contributed by atoms with E-state index in [9.17, 15) is 9.90 Å². The first kappa shape index (κ1) is 20.0. The fraction of sp³-hybridized carbons (Fsp3) is 0.409. The lowest BCUT2D eigenvalue weighted by Gasteiger charge is -2.21. The number of benzene rings is 2. The van der Waals surface area contributed by atoms with E-state index in [-0.39, 0.29) is 24.9 Å². The average Bonchev–Trinajstić information content (AvgIpc) is 3.11. The minimum absolute atomic E-state index is 0.0331. The van der Waals surface area contributed by atoms with Gasteiger partial charge in [-0.1, -0.05) is 29.5 Å². The van der Waals surface area contributed by atoms with Gasteiger partial charge in [0.25, 0.3) is 0 Å². The molecule has 3 rings (SSSR count). The summed E-state index contributed by atoms with van der Waals surface area (Å²) in [5, 5.41) is 18.2. The summed E-state index contributed by atoms with van der Waals surface area (Å²) < 4.78 is 7.09. The molecule has 1 aromatic heterocycles. The zero-order chi connectivity index (χ0) is 20.3. The SMILES string of the molecule is CCOC(=O)C[C@@H](c1ccc(C)c(CO)c1)c1ccc2c(nnn2CC)c1C. The van der Waals surface area contributed by atoms with Crippen molar-refractivity contribution < 1.29 is 14.6 Å². The highest BCUT2D eigenvalue weighted by atomic mass is 16.5. The Labute approximate surface area is 165 Å². The first-order valence-corrected chi connectivity index (χ1v) is 9.68. The number of carbonyl (C=O) groups is 1. The van der Waals surface area contributed by atoms with E-state index >= 15 is 0 Å². The Kier molecular flexibility index (Phi) is 6.09. The predicted molar refractivity (Wildman–Crippen MR) is 108 cm³/mol. The van der Waals surface area contributed by atoms with Gasteiger partial charge in [0.2, 0.25) is 0 Å². The largest absolute Gasteiger partial charge is 0.466 e. The van der Waals surface area contributed by atoms with Gasteiger partial charge >= 0.3 is 5.97 Å². The van der Waals surface area contributed by atoms with Gasteiger partial charge in [-0.2, -0.15) is 0 Å². The molecule has 0 spiro atoms. The summed E-state index contributed by atoms with van der Waals surface area (Å²) >= 11 is 0. The number of hydrogen-bond donors (Lipinski definition) is 1. The lowest BCUT2D eigenvalue weighted by Crippen LogP contribution is -2.13. The van der Waals surface area contributed by atoms with Crippen LogP contribution in [-0.4, -0.2) is 32.7 Å². The molecule has 0 fully saturated rings. The van der Waals surface area contributed by atoms with Crippen molar-refractivity contribution >= 4 is 17.0 Å². The number of carbonyl (C=O) groups excluding carboxylic acids is 1. The summed E-state index contributed by atoms with van der Waals surface area (Å²) in [6.45, 7) is 8.90. The highest BCUT2D eigenvalue weighted by Crippen LogP contribution is 2.34. The van der Waals surface area contributed by atoms with Crippen LogP contribution in [-0.2, 0) is 22.7 Å². The number of nitrogens with zero attached hydrogens (tertiary/aromatic N) is 3. The maximum atomic E-state index is 12.3. The van der Waals surface area contributed by atoms with Gasteiger partial charge < -0.3 is 9.84 Å². The van der Waals surface area contributed by atoms with Crippen LogP contribution >= 0.6 is 0 Å². The molecule has 1 atom stereocenters. The zero-order valence-electron chi connectivity index (χ0n) is 16.9. The second kappa shape index (κ2) is 8.52. The summed E-state index contributed by atoms with van der Waals surface area (Å²) in [7, 11) is 0. The third-order valence-corrected chi connectivity index (χ3v) is 5.28. The van der Waals surface area contributed by atoms with E-state index in [2.05, 4.69) is 16.4 Å². The van der Waals surface area contributed by atoms with E-state index in [1.165, 1.54) is 0 Å². The Bertz CT molecular complexity index is 994. The van der Waals surface area contributed by atoms with Gasteiger partial charge in [0, 0.05) is 12.5 Å². The van der Waals surface area contributed by atoms with Crippen molar-refractivity contribution in [3.05, 3.63) is 58.1 Å². The van der Waals surface area contributed by atoms with Crippen LogP contribution in [0.1, 0.15) is 54.0 Å². The topological polar surface area (TPSA) is 77.2 Å². The Morgan fingerprint density at radius 3 is 2.68 bits per heavy atom. The van der Waals surface area contributed by atoms with Crippen LogP contribution in [0.3, 0.4) is 0 Å². The molecular formula is C22H27N3O3. The quantitative estimate of drug-likeness (QED) is 0.632. The molecule has 6 nitrogen and oxygen atoms in total. The number of rotatable bonds is 7. The lowest BCUT2D eigenvalue weighted by atomic mass is 9.84. The molecule has 0 bridgehead atoms. The highest BCUT2D eigenvalue weighted by molar-refractivity contribution is 5.80. The maximum Gasteiger partial charge on any atom is 0.306 e.